The van der Waals surface area contributed by atoms with Crippen LogP contribution in [-0.4, -0.2) is 34.6 Å². The summed E-state index contributed by atoms with van der Waals surface area (Å²) in [7, 11) is 0. The van der Waals surface area contributed by atoms with E-state index in [0.717, 1.165) is 0 Å². The molecule has 1 aromatic heterocycles. The summed E-state index contributed by atoms with van der Waals surface area (Å²) >= 11 is 1.27. The topological polar surface area (TPSA) is 83.0 Å². The molecule has 18 heavy (non-hydrogen) atoms. The van der Waals surface area contributed by atoms with Crippen molar-refractivity contribution in [2.24, 2.45) is 0 Å². The zero-order valence-corrected chi connectivity index (χ0v) is 11.3. The van der Waals surface area contributed by atoms with Crippen molar-refractivity contribution in [2.75, 3.05) is 24.6 Å². The highest BCUT2D eigenvalue weighted by Gasteiger charge is 2.12. The monoisotopic (exact) mass is 264 g/mol. The number of carbonyl (C=O) groups is 1. The molecule has 0 aromatic carbocycles. The van der Waals surface area contributed by atoms with Crippen LogP contribution in [-0.2, 0) is 4.79 Å². The molecule has 0 atom stereocenters. The van der Waals surface area contributed by atoms with Crippen molar-refractivity contribution in [1.29, 1.82) is 5.26 Å². The minimum absolute atomic E-state index is 0.0496. The SMILES string of the molecule is CCN(CC)C(=O)CSc1nccc(C#N)c1N. The predicted molar refractivity (Wildman–Crippen MR) is 72.0 cm³/mol. The van der Waals surface area contributed by atoms with Crippen molar-refractivity contribution in [3.8, 4) is 6.07 Å². The van der Waals surface area contributed by atoms with Crippen molar-refractivity contribution >= 4 is 23.4 Å². The lowest BCUT2D eigenvalue weighted by atomic mass is 10.2. The highest BCUT2D eigenvalue weighted by Crippen LogP contribution is 2.25. The molecule has 0 saturated heterocycles. The van der Waals surface area contributed by atoms with Crippen molar-refractivity contribution in [3.63, 3.8) is 0 Å². The van der Waals surface area contributed by atoms with Gasteiger partial charge in [-0.05, 0) is 19.9 Å². The van der Waals surface area contributed by atoms with Crippen LogP contribution in [0.15, 0.2) is 17.3 Å². The number of thioether (sulfide) groups is 1. The molecule has 1 aromatic rings. The number of anilines is 1. The molecule has 1 rings (SSSR count). The van der Waals surface area contributed by atoms with E-state index in [1.807, 2.05) is 19.9 Å². The molecule has 2 N–H and O–H groups in total. The van der Waals surface area contributed by atoms with Crippen LogP contribution < -0.4 is 5.73 Å². The normalized spacial score (nSPS) is 9.83. The zero-order chi connectivity index (χ0) is 13.5. The van der Waals surface area contributed by atoms with Gasteiger partial charge in [0.1, 0.15) is 11.1 Å². The smallest absolute Gasteiger partial charge is 0.232 e. The Labute approximate surface area is 111 Å². The number of nitrogens with zero attached hydrogens (tertiary/aromatic N) is 3. The molecule has 1 heterocycles. The van der Waals surface area contributed by atoms with E-state index in [4.69, 9.17) is 11.0 Å². The lowest BCUT2D eigenvalue weighted by Gasteiger charge is -2.18. The van der Waals surface area contributed by atoms with Gasteiger partial charge in [-0.1, -0.05) is 11.8 Å². The van der Waals surface area contributed by atoms with Crippen LogP contribution in [0.1, 0.15) is 19.4 Å². The van der Waals surface area contributed by atoms with Gasteiger partial charge in [-0.15, -0.1) is 0 Å². The molecular weight excluding hydrogens is 248 g/mol. The summed E-state index contributed by atoms with van der Waals surface area (Å²) in [6.07, 6.45) is 1.53. The van der Waals surface area contributed by atoms with Gasteiger partial charge in [-0.2, -0.15) is 5.26 Å². The number of pyridine rings is 1. The Kier molecular flexibility index (Phi) is 5.46. The average molecular weight is 264 g/mol. The number of aromatic nitrogens is 1. The number of amides is 1. The fourth-order valence-electron chi connectivity index (χ4n) is 1.46. The van der Waals surface area contributed by atoms with Crippen molar-refractivity contribution < 1.29 is 4.79 Å². The summed E-state index contributed by atoms with van der Waals surface area (Å²) < 4.78 is 0. The third-order valence-corrected chi connectivity index (χ3v) is 3.51. The van der Waals surface area contributed by atoms with Crippen molar-refractivity contribution in [2.45, 2.75) is 18.9 Å². The van der Waals surface area contributed by atoms with E-state index in [1.165, 1.54) is 18.0 Å². The van der Waals surface area contributed by atoms with Gasteiger partial charge in [0, 0.05) is 19.3 Å². The molecule has 0 fully saturated rings. The van der Waals surface area contributed by atoms with Gasteiger partial charge in [0.15, 0.2) is 0 Å². The molecule has 0 bridgehead atoms. The van der Waals surface area contributed by atoms with E-state index in [-0.39, 0.29) is 11.7 Å². The molecule has 5 nitrogen and oxygen atoms in total. The largest absolute Gasteiger partial charge is 0.395 e. The van der Waals surface area contributed by atoms with Gasteiger partial charge >= 0.3 is 0 Å². The summed E-state index contributed by atoms with van der Waals surface area (Å²) in [5.41, 5.74) is 6.53. The molecule has 1 amide bonds. The van der Waals surface area contributed by atoms with E-state index >= 15 is 0 Å². The zero-order valence-electron chi connectivity index (χ0n) is 10.5. The summed E-state index contributed by atoms with van der Waals surface area (Å²) in [6.45, 7) is 5.26. The molecule has 6 heteroatoms. The van der Waals surface area contributed by atoms with E-state index in [9.17, 15) is 4.79 Å². The second-order valence-electron chi connectivity index (χ2n) is 3.54. The summed E-state index contributed by atoms with van der Waals surface area (Å²) in [5, 5.41) is 9.38. The molecule has 0 aliphatic heterocycles. The Balaban J connectivity index is 2.70. The van der Waals surface area contributed by atoms with E-state index in [2.05, 4.69) is 4.98 Å². The third-order valence-electron chi connectivity index (χ3n) is 2.52. The van der Waals surface area contributed by atoms with Gasteiger partial charge in [0.2, 0.25) is 5.91 Å². The Morgan fingerprint density at radius 3 is 2.78 bits per heavy atom. The number of hydrogen-bond acceptors (Lipinski definition) is 5. The van der Waals surface area contributed by atoms with Gasteiger partial charge < -0.3 is 10.6 Å². The fourth-order valence-corrected chi connectivity index (χ4v) is 2.31. The first kappa shape index (κ1) is 14.3. The molecular formula is C12H16N4OS. The molecule has 0 saturated carbocycles. The van der Waals surface area contributed by atoms with Crippen LogP contribution in [0.5, 0.6) is 0 Å². The molecule has 0 radical (unpaired) electrons. The third kappa shape index (κ3) is 3.37. The highest BCUT2D eigenvalue weighted by atomic mass is 32.2. The number of carbonyl (C=O) groups excluding carboxylic acids is 1. The van der Waals surface area contributed by atoms with Crippen LogP contribution in [0.4, 0.5) is 5.69 Å². The molecule has 0 aliphatic carbocycles. The second-order valence-corrected chi connectivity index (χ2v) is 4.51. The maximum Gasteiger partial charge on any atom is 0.232 e. The first-order valence-electron chi connectivity index (χ1n) is 5.69. The van der Waals surface area contributed by atoms with Crippen LogP contribution in [0.2, 0.25) is 0 Å². The number of nitrogens with two attached hydrogens (primary N) is 1. The van der Waals surface area contributed by atoms with Gasteiger partial charge in [0.25, 0.3) is 0 Å². The van der Waals surface area contributed by atoms with Gasteiger partial charge in [-0.25, -0.2) is 4.98 Å². The van der Waals surface area contributed by atoms with Crippen LogP contribution >= 0.6 is 11.8 Å². The first-order valence-corrected chi connectivity index (χ1v) is 6.67. The Hall–Kier alpha value is -1.74. The van der Waals surface area contributed by atoms with E-state index < -0.39 is 0 Å². The quantitative estimate of drug-likeness (QED) is 0.815. The van der Waals surface area contributed by atoms with Gasteiger partial charge in [-0.3, -0.25) is 4.79 Å². The van der Waals surface area contributed by atoms with E-state index in [0.29, 0.717) is 29.4 Å². The van der Waals surface area contributed by atoms with E-state index in [1.54, 1.807) is 11.0 Å². The molecule has 96 valence electrons. The number of rotatable bonds is 5. The number of nitrogen functional groups attached to an aromatic ring is 1. The summed E-state index contributed by atoms with van der Waals surface area (Å²) in [4.78, 5) is 17.6. The summed E-state index contributed by atoms with van der Waals surface area (Å²) in [5.74, 6) is 0.335. The van der Waals surface area contributed by atoms with Crippen LogP contribution in [0, 0.1) is 11.3 Å². The van der Waals surface area contributed by atoms with Crippen molar-refractivity contribution in [1.82, 2.24) is 9.88 Å². The number of hydrogen-bond donors (Lipinski definition) is 1. The Bertz CT molecular complexity index is 466. The highest BCUT2D eigenvalue weighted by molar-refractivity contribution is 8.00. The fraction of sp³-hybridized carbons (Fsp3) is 0.417. The average Bonchev–Trinajstić information content (AvgIpc) is 2.39. The lowest BCUT2D eigenvalue weighted by molar-refractivity contribution is -0.127. The van der Waals surface area contributed by atoms with Crippen LogP contribution in [0.25, 0.3) is 0 Å². The maximum absolute atomic E-state index is 11.8. The minimum atomic E-state index is 0.0496. The summed E-state index contributed by atoms with van der Waals surface area (Å²) in [6, 6.07) is 3.56. The van der Waals surface area contributed by atoms with Crippen molar-refractivity contribution in [3.05, 3.63) is 17.8 Å². The van der Waals surface area contributed by atoms with Gasteiger partial charge in [0.05, 0.1) is 17.0 Å². The Morgan fingerprint density at radius 2 is 2.22 bits per heavy atom. The van der Waals surface area contributed by atoms with Crippen LogP contribution in [0.3, 0.4) is 0 Å². The second kappa shape index (κ2) is 6.87. The number of nitriles is 1. The predicted octanol–water partition coefficient (Wildman–Crippen LogP) is 1.50. The molecule has 0 aliphatic rings. The molecule has 0 spiro atoms. The maximum atomic E-state index is 11.8. The standard InChI is InChI=1S/C12H16N4OS/c1-3-16(4-2)10(17)8-18-12-11(14)9(7-13)5-6-15-12/h5-6H,3-4,8,14H2,1-2H3. The first-order chi connectivity index (χ1) is 8.63. The lowest BCUT2D eigenvalue weighted by Crippen LogP contribution is -2.31. The molecule has 0 unspecified atom stereocenters. The minimum Gasteiger partial charge on any atom is -0.395 e. The Morgan fingerprint density at radius 1 is 1.56 bits per heavy atom.